The molecule has 1 amide bonds. The Balaban J connectivity index is 2.76. The molecule has 0 aliphatic heterocycles. The lowest BCUT2D eigenvalue weighted by Crippen LogP contribution is -2.21. The van der Waals surface area contributed by atoms with Gasteiger partial charge in [0.15, 0.2) is 0 Å². The number of carbonyl (C=O) groups excluding carboxylic acids is 1. The van der Waals surface area contributed by atoms with Gasteiger partial charge in [0.05, 0.1) is 30.4 Å². The summed E-state index contributed by atoms with van der Waals surface area (Å²) in [6.07, 6.45) is 0.351. The molecule has 7 nitrogen and oxygen atoms in total. The van der Waals surface area contributed by atoms with Gasteiger partial charge in [-0.3, -0.25) is 0 Å². The van der Waals surface area contributed by atoms with E-state index in [9.17, 15) is 18.0 Å². The van der Waals surface area contributed by atoms with E-state index in [1.54, 1.807) is 27.9 Å². The van der Waals surface area contributed by atoms with Gasteiger partial charge in [0.25, 0.3) is 0 Å². The van der Waals surface area contributed by atoms with Gasteiger partial charge in [0.2, 0.25) is 0 Å². The number of rotatable bonds is 6. The summed E-state index contributed by atoms with van der Waals surface area (Å²) in [7, 11) is 3.14. The van der Waals surface area contributed by atoms with Crippen LogP contribution in [-0.4, -0.2) is 41.2 Å². The lowest BCUT2D eigenvalue weighted by atomic mass is 10.1. The topological polar surface area (TPSA) is 73.5 Å². The molecule has 0 aliphatic rings. The number of hydrogen-bond donors (Lipinski definition) is 1. The van der Waals surface area contributed by atoms with Gasteiger partial charge in [-0.1, -0.05) is 11.6 Å². The van der Waals surface area contributed by atoms with E-state index in [1.165, 1.54) is 4.70 Å². The summed E-state index contributed by atoms with van der Waals surface area (Å²) in [5.41, 5.74) is -0.780. The van der Waals surface area contributed by atoms with Gasteiger partial charge in [-0.15, -0.1) is 0 Å². The van der Waals surface area contributed by atoms with Crippen LogP contribution >= 0.6 is 11.6 Å². The highest BCUT2D eigenvalue weighted by Gasteiger charge is 2.27. The van der Waals surface area contributed by atoms with Crippen LogP contribution in [0.25, 0.3) is 11.1 Å². The van der Waals surface area contributed by atoms with Crippen molar-refractivity contribution in [3.05, 3.63) is 34.7 Å². The standard InChI is InChI=1S/C16H17ClF3N6O/c1-8(2)21-15-13(12-10(19)5-9(18)6-11(12)20)14(17)22-16(23-15)26(7-27)24-25(3)4/h5-8H,1-4H3,(H,21,22,23)/q+1. The molecule has 2 rings (SSSR count). The summed E-state index contributed by atoms with van der Waals surface area (Å²) < 4.78 is 43.1. The van der Waals surface area contributed by atoms with Crippen molar-refractivity contribution < 1.29 is 22.7 Å². The average molecular weight is 402 g/mol. The quantitative estimate of drug-likeness (QED) is 0.264. The van der Waals surface area contributed by atoms with Gasteiger partial charge in [-0.05, 0) is 18.9 Å². The second-order valence-electron chi connectivity index (χ2n) is 5.97. The lowest BCUT2D eigenvalue weighted by Gasteiger charge is -2.16. The lowest BCUT2D eigenvalue weighted by molar-refractivity contribution is -0.538. The fourth-order valence-electron chi connectivity index (χ4n) is 2.21. The van der Waals surface area contributed by atoms with E-state index in [4.69, 9.17) is 11.6 Å². The minimum atomic E-state index is -1.16. The zero-order valence-corrected chi connectivity index (χ0v) is 15.7. The Bertz CT molecular complexity index is 879. The zero-order valence-electron chi connectivity index (χ0n) is 15.0. The van der Waals surface area contributed by atoms with E-state index < -0.39 is 23.0 Å². The molecule has 2 aromatic rings. The number of anilines is 2. The van der Waals surface area contributed by atoms with Crippen LogP contribution in [0.2, 0.25) is 5.15 Å². The summed E-state index contributed by atoms with van der Waals surface area (Å²) in [5, 5.41) is 7.22. The number of carbonyl (C=O) groups is 1. The number of aromatic nitrogens is 2. The van der Waals surface area contributed by atoms with Crippen molar-refractivity contribution in [3.8, 4) is 11.1 Å². The number of amides is 1. The van der Waals surface area contributed by atoms with Gasteiger partial charge in [0, 0.05) is 18.2 Å². The molecule has 1 aromatic carbocycles. The Labute approximate surface area is 158 Å². The molecule has 1 heterocycles. The number of hydrogen-bond acceptors (Lipinski definition) is 5. The molecule has 0 saturated carbocycles. The van der Waals surface area contributed by atoms with Crippen molar-refractivity contribution in [2.75, 3.05) is 24.4 Å². The molecule has 0 fully saturated rings. The highest BCUT2D eigenvalue weighted by Crippen LogP contribution is 2.38. The van der Waals surface area contributed by atoms with Gasteiger partial charge in [-0.25, -0.2) is 18.0 Å². The maximum Gasteiger partial charge on any atom is 0.353 e. The summed E-state index contributed by atoms with van der Waals surface area (Å²) in [6, 6.07) is 0.853. The smallest absolute Gasteiger partial charge is 0.353 e. The number of nitrogens with one attached hydrogen (secondary N) is 1. The predicted octanol–water partition coefficient (Wildman–Crippen LogP) is 3.64. The van der Waals surface area contributed by atoms with Crippen LogP contribution < -0.4 is 10.3 Å². The van der Waals surface area contributed by atoms with Crippen molar-refractivity contribution in [1.82, 2.24) is 9.97 Å². The van der Waals surface area contributed by atoms with E-state index in [1.807, 2.05) is 0 Å². The van der Waals surface area contributed by atoms with E-state index in [0.29, 0.717) is 18.5 Å². The Morgan fingerprint density at radius 2 is 1.78 bits per heavy atom. The minimum Gasteiger partial charge on any atom is -0.367 e. The summed E-state index contributed by atoms with van der Waals surface area (Å²) >= 11 is 6.16. The van der Waals surface area contributed by atoms with Crippen molar-refractivity contribution in [2.24, 2.45) is 5.22 Å². The van der Waals surface area contributed by atoms with Gasteiger partial charge >= 0.3 is 12.4 Å². The van der Waals surface area contributed by atoms with Crippen molar-refractivity contribution in [3.63, 3.8) is 0 Å². The van der Waals surface area contributed by atoms with Gasteiger partial charge in [-0.2, -0.15) is 14.7 Å². The maximum absolute atomic E-state index is 14.3. The summed E-state index contributed by atoms with van der Waals surface area (Å²) in [6.45, 7) is 3.52. The monoisotopic (exact) mass is 401 g/mol. The van der Waals surface area contributed by atoms with Gasteiger partial charge < -0.3 is 5.32 Å². The van der Waals surface area contributed by atoms with Crippen LogP contribution in [0, 0.1) is 17.5 Å². The summed E-state index contributed by atoms with van der Waals surface area (Å²) in [4.78, 5) is 19.3. The van der Waals surface area contributed by atoms with E-state index in [-0.39, 0.29) is 28.5 Å². The van der Waals surface area contributed by atoms with Gasteiger partial charge in [0.1, 0.15) is 28.4 Å². The first-order valence-electron chi connectivity index (χ1n) is 7.76. The van der Waals surface area contributed by atoms with Crippen LogP contribution in [0.4, 0.5) is 24.9 Å². The van der Waals surface area contributed by atoms with Crippen LogP contribution in [0.3, 0.4) is 0 Å². The fraction of sp³-hybridized carbons (Fsp3) is 0.312. The molecule has 144 valence electrons. The van der Waals surface area contributed by atoms with E-state index in [0.717, 1.165) is 5.01 Å². The van der Waals surface area contributed by atoms with Crippen LogP contribution in [0.1, 0.15) is 13.8 Å². The molecule has 0 radical (unpaired) electrons. The molecule has 0 saturated heterocycles. The number of benzene rings is 1. The molecule has 1 N–H and O–H groups in total. The molecule has 1 aromatic heterocycles. The normalized spacial score (nSPS) is 10.7. The Morgan fingerprint density at radius 3 is 2.26 bits per heavy atom. The SMILES string of the molecule is CC(C)Nc1nc(N(C=O)N=[N+](C)C)nc(Cl)c1-c1c(F)cc(F)cc1F. The third kappa shape index (κ3) is 4.70. The van der Waals surface area contributed by atoms with Crippen LogP contribution in [0.15, 0.2) is 17.4 Å². The molecular formula is C16H17ClF3N6O+. The van der Waals surface area contributed by atoms with E-state index in [2.05, 4.69) is 20.5 Å². The third-order valence-corrected chi connectivity index (χ3v) is 3.39. The van der Waals surface area contributed by atoms with Crippen molar-refractivity contribution in [1.29, 1.82) is 0 Å². The van der Waals surface area contributed by atoms with Crippen molar-refractivity contribution >= 4 is 29.8 Å². The zero-order chi connectivity index (χ0) is 20.3. The fourth-order valence-corrected chi connectivity index (χ4v) is 2.47. The molecule has 0 unspecified atom stereocenters. The third-order valence-electron chi connectivity index (χ3n) is 3.12. The first-order valence-corrected chi connectivity index (χ1v) is 8.14. The molecule has 0 bridgehead atoms. The predicted molar refractivity (Wildman–Crippen MR) is 94.2 cm³/mol. The Morgan fingerprint density at radius 1 is 1.19 bits per heavy atom. The molecule has 0 spiro atoms. The first kappa shape index (κ1) is 20.6. The first-order chi connectivity index (χ1) is 12.6. The van der Waals surface area contributed by atoms with Crippen molar-refractivity contribution in [2.45, 2.75) is 19.9 Å². The Hall–Kier alpha value is -2.75. The second-order valence-corrected chi connectivity index (χ2v) is 6.33. The maximum atomic E-state index is 14.3. The Kier molecular flexibility index (Phi) is 6.32. The molecule has 0 atom stereocenters. The van der Waals surface area contributed by atoms with Crippen LogP contribution in [0.5, 0.6) is 0 Å². The largest absolute Gasteiger partial charge is 0.367 e. The van der Waals surface area contributed by atoms with E-state index >= 15 is 0 Å². The molecule has 11 heteroatoms. The molecule has 27 heavy (non-hydrogen) atoms. The highest BCUT2D eigenvalue weighted by molar-refractivity contribution is 6.33. The highest BCUT2D eigenvalue weighted by atomic mass is 35.5. The number of halogens is 4. The molecule has 0 aliphatic carbocycles. The minimum absolute atomic E-state index is 0.0368. The average Bonchev–Trinajstić information content (AvgIpc) is 2.53. The summed E-state index contributed by atoms with van der Waals surface area (Å²) in [5.74, 6) is -3.65. The number of nitrogens with zero attached hydrogens (tertiary/aromatic N) is 5. The molecular weight excluding hydrogens is 385 g/mol. The van der Waals surface area contributed by atoms with Crippen LogP contribution in [-0.2, 0) is 4.79 Å². The second kappa shape index (κ2) is 8.30.